The molecule has 1 heterocycles. The van der Waals surface area contributed by atoms with Crippen LogP contribution < -0.4 is 14.8 Å². The predicted molar refractivity (Wildman–Crippen MR) is 102 cm³/mol. The van der Waals surface area contributed by atoms with Crippen molar-refractivity contribution in [1.29, 1.82) is 0 Å². The summed E-state index contributed by atoms with van der Waals surface area (Å²) in [4.78, 5) is 12.5. The molecule has 0 aliphatic rings. The molecule has 0 radical (unpaired) electrons. The topological polar surface area (TPSA) is 52.5 Å². The van der Waals surface area contributed by atoms with Gasteiger partial charge in [0.1, 0.15) is 17.2 Å². The molecule has 5 heteroatoms. The maximum Gasteiger partial charge on any atom is 0.257 e. The van der Waals surface area contributed by atoms with Gasteiger partial charge in [0, 0.05) is 24.1 Å². The highest BCUT2D eigenvalue weighted by molar-refractivity contribution is 6.05. The van der Waals surface area contributed by atoms with Gasteiger partial charge in [-0.1, -0.05) is 0 Å². The monoisotopic (exact) mass is 350 g/mol. The highest BCUT2D eigenvalue weighted by Gasteiger charge is 2.14. The molecule has 134 valence electrons. The number of aromatic nitrogens is 1. The summed E-state index contributed by atoms with van der Waals surface area (Å²) in [6.07, 6.45) is 0. The van der Waals surface area contributed by atoms with E-state index in [1.54, 1.807) is 7.11 Å². The van der Waals surface area contributed by atoms with Crippen LogP contribution in [0.3, 0.4) is 0 Å². The molecule has 0 aliphatic carbocycles. The molecule has 1 aromatic heterocycles. The first-order valence-electron chi connectivity index (χ1n) is 8.34. The summed E-state index contributed by atoms with van der Waals surface area (Å²) >= 11 is 0. The van der Waals surface area contributed by atoms with Crippen molar-refractivity contribution in [2.24, 2.45) is 7.05 Å². The van der Waals surface area contributed by atoms with Crippen LogP contribution in [0.4, 0.5) is 5.69 Å². The van der Waals surface area contributed by atoms with Crippen molar-refractivity contribution in [1.82, 2.24) is 4.57 Å². The van der Waals surface area contributed by atoms with Gasteiger partial charge in [-0.15, -0.1) is 0 Å². The Morgan fingerprint density at radius 2 is 1.46 bits per heavy atom. The molecule has 5 nitrogen and oxygen atoms in total. The van der Waals surface area contributed by atoms with Crippen LogP contribution in [0.5, 0.6) is 17.2 Å². The highest BCUT2D eigenvalue weighted by atomic mass is 16.5. The molecule has 0 spiro atoms. The smallest absolute Gasteiger partial charge is 0.257 e. The second-order valence-corrected chi connectivity index (χ2v) is 6.10. The first-order valence-corrected chi connectivity index (χ1v) is 8.34. The third kappa shape index (κ3) is 3.72. The van der Waals surface area contributed by atoms with Gasteiger partial charge in [0.2, 0.25) is 0 Å². The van der Waals surface area contributed by atoms with E-state index in [1.807, 2.05) is 80.1 Å². The Hall–Kier alpha value is -3.21. The largest absolute Gasteiger partial charge is 0.497 e. The van der Waals surface area contributed by atoms with E-state index >= 15 is 0 Å². The van der Waals surface area contributed by atoms with E-state index in [2.05, 4.69) is 5.32 Å². The van der Waals surface area contributed by atoms with Gasteiger partial charge in [-0.25, -0.2) is 0 Å². The van der Waals surface area contributed by atoms with Crippen LogP contribution in [-0.2, 0) is 7.05 Å². The number of nitrogens with zero attached hydrogens (tertiary/aromatic N) is 1. The van der Waals surface area contributed by atoms with Gasteiger partial charge in [0.25, 0.3) is 5.91 Å². The molecule has 2 aromatic carbocycles. The van der Waals surface area contributed by atoms with Crippen molar-refractivity contribution in [2.75, 3.05) is 12.4 Å². The normalized spacial score (nSPS) is 10.5. The molecule has 0 fully saturated rings. The van der Waals surface area contributed by atoms with Crippen molar-refractivity contribution in [2.45, 2.75) is 13.8 Å². The Morgan fingerprint density at radius 1 is 0.923 bits per heavy atom. The summed E-state index contributed by atoms with van der Waals surface area (Å²) in [5, 5.41) is 2.92. The molecule has 1 amide bonds. The number of amides is 1. The number of ether oxygens (including phenoxy) is 2. The number of carbonyl (C=O) groups excluding carboxylic acids is 1. The van der Waals surface area contributed by atoms with Crippen LogP contribution in [0, 0.1) is 13.8 Å². The lowest BCUT2D eigenvalue weighted by Crippen LogP contribution is -2.12. The zero-order chi connectivity index (χ0) is 18.7. The summed E-state index contributed by atoms with van der Waals surface area (Å²) in [5.41, 5.74) is 3.40. The van der Waals surface area contributed by atoms with E-state index in [4.69, 9.17) is 9.47 Å². The molecule has 3 aromatic rings. The van der Waals surface area contributed by atoms with Gasteiger partial charge >= 0.3 is 0 Å². The Labute approximate surface area is 153 Å². The average Bonchev–Trinajstić information content (AvgIpc) is 2.91. The lowest BCUT2D eigenvalue weighted by Gasteiger charge is -2.09. The van der Waals surface area contributed by atoms with Crippen molar-refractivity contribution in [3.8, 4) is 17.2 Å². The number of nitrogens with one attached hydrogen (secondary N) is 1. The standard InChI is InChI=1S/C21H22N2O3/c1-14-13-20(15(2)23(14)3)21(24)22-16-5-7-18(8-6-16)26-19-11-9-17(25-4)10-12-19/h5-13H,1-4H3,(H,22,24). The lowest BCUT2D eigenvalue weighted by atomic mass is 10.2. The van der Waals surface area contributed by atoms with E-state index in [0.29, 0.717) is 11.3 Å². The van der Waals surface area contributed by atoms with Gasteiger partial charge in [-0.3, -0.25) is 4.79 Å². The number of anilines is 1. The Kier molecular flexibility index (Phi) is 4.98. The Bertz CT molecular complexity index is 910. The number of hydrogen-bond acceptors (Lipinski definition) is 3. The molecule has 0 bridgehead atoms. The fourth-order valence-electron chi connectivity index (χ4n) is 2.67. The SMILES string of the molecule is COc1ccc(Oc2ccc(NC(=O)c3cc(C)n(C)c3C)cc2)cc1. The van der Waals surface area contributed by atoms with Gasteiger partial charge in [0.15, 0.2) is 0 Å². The zero-order valence-electron chi connectivity index (χ0n) is 15.4. The minimum absolute atomic E-state index is 0.116. The maximum absolute atomic E-state index is 12.5. The molecular formula is C21H22N2O3. The van der Waals surface area contributed by atoms with Gasteiger partial charge < -0.3 is 19.4 Å². The quantitative estimate of drug-likeness (QED) is 0.726. The lowest BCUT2D eigenvalue weighted by molar-refractivity contribution is 0.102. The van der Waals surface area contributed by atoms with E-state index in [0.717, 1.165) is 28.6 Å². The van der Waals surface area contributed by atoms with Crippen LogP contribution >= 0.6 is 0 Å². The summed E-state index contributed by atoms with van der Waals surface area (Å²) in [6.45, 7) is 3.92. The van der Waals surface area contributed by atoms with E-state index in [-0.39, 0.29) is 5.91 Å². The predicted octanol–water partition coefficient (Wildman–Crippen LogP) is 4.70. The molecule has 3 rings (SSSR count). The molecule has 1 N–H and O–H groups in total. The van der Waals surface area contributed by atoms with Gasteiger partial charge in [0.05, 0.1) is 12.7 Å². The molecule has 0 saturated heterocycles. The molecule has 26 heavy (non-hydrogen) atoms. The summed E-state index contributed by atoms with van der Waals surface area (Å²) in [6, 6.07) is 16.5. The van der Waals surface area contributed by atoms with Gasteiger partial charge in [-0.2, -0.15) is 0 Å². The third-order valence-corrected chi connectivity index (χ3v) is 4.43. The fourth-order valence-corrected chi connectivity index (χ4v) is 2.67. The summed E-state index contributed by atoms with van der Waals surface area (Å²) in [5.74, 6) is 2.08. The first-order chi connectivity index (χ1) is 12.5. The minimum Gasteiger partial charge on any atom is -0.497 e. The van der Waals surface area contributed by atoms with Crippen LogP contribution in [0.2, 0.25) is 0 Å². The van der Waals surface area contributed by atoms with E-state index in [9.17, 15) is 4.79 Å². The summed E-state index contributed by atoms with van der Waals surface area (Å²) < 4.78 is 12.9. The number of aryl methyl sites for hydroxylation is 1. The van der Waals surface area contributed by atoms with Gasteiger partial charge in [-0.05, 0) is 68.4 Å². The highest BCUT2D eigenvalue weighted by Crippen LogP contribution is 2.25. The van der Waals surface area contributed by atoms with E-state index in [1.165, 1.54) is 0 Å². The maximum atomic E-state index is 12.5. The van der Waals surface area contributed by atoms with Crippen molar-refractivity contribution >= 4 is 11.6 Å². The van der Waals surface area contributed by atoms with Crippen LogP contribution in [-0.4, -0.2) is 17.6 Å². The van der Waals surface area contributed by atoms with Crippen molar-refractivity contribution < 1.29 is 14.3 Å². The molecule has 0 unspecified atom stereocenters. The zero-order valence-corrected chi connectivity index (χ0v) is 15.4. The van der Waals surface area contributed by atoms with Crippen LogP contribution in [0.25, 0.3) is 0 Å². The third-order valence-electron chi connectivity index (χ3n) is 4.43. The molecule has 0 atom stereocenters. The number of rotatable bonds is 5. The Balaban J connectivity index is 1.67. The fraction of sp³-hybridized carbons (Fsp3) is 0.190. The van der Waals surface area contributed by atoms with E-state index < -0.39 is 0 Å². The summed E-state index contributed by atoms with van der Waals surface area (Å²) in [7, 11) is 3.58. The molecule has 0 saturated carbocycles. The number of methoxy groups -OCH3 is 1. The van der Waals surface area contributed by atoms with Crippen LogP contribution in [0.1, 0.15) is 21.7 Å². The Morgan fingerprint density at radius 3 is 1.96 bits per heavy atom. The minimum atomic E-state index is -0.116. The second-order valence-electron chi connectivity index (χ2n) is 6.10. The van der Waals surface area contributed by atoms with Crippen LogP contribution in [0.15, 0.2) is 54.6 Å². The van der Waals surface area contributed by atoms with Crippen molar-refractivity contribution in [3.05, 3.63) is 71.5 Å². The number of hydrogen-bond donors (Lipinski definition) is 1. The second kappa shape index (κ2) is 7.35. The average molecular weight is 350 g/mol. The number of carbonyl (C=O) groups is 1. The first kappa shape index (κ1) is 17.6. The number of benzene rings is 2. The van der Waals surface area contributed by atoms with Crippen molar-refractivity contribution in [3.63, 3.8) is 0 Å². The molecule has 0 aliphatic heterocycles. The molecular weight excluding hydrogens is 328 g/mol.